The number of ether oxygens (including phenoxy) is 1. The molecule has 0 unspecified atom stereocenters. The molecule has 4 rings (SSSR count). The minimum Gasteiger partial charge on any atom is -0.485 e. The molecule has 0 atom stereocenters. The lowest BCUT2D eigenvalue weighted by atomic mass is 10.3. The van der Waals surface area contributed by atoms with E-state index in [4.69, 9.17) is 4.74 Å². The minimum absolute atomic E-state index is 0.412. The molecule has 29 heavy (non-hydrogen) atoms. The molecular weight excluding hydrogens is 402 g/mol. The zero-order chi connectivity index (χ0) is 19.9. The van der Waals surface area contributed by atoms with Gasteiger partial charge >= 0.3 is 0 Å². The zero-order valence-electron chi connectivity index (χ0n) is 15.8. The molecule has 4 aromatic rings. The lowest BCUT2D eigenvalue weighted by Gasteiger charge is -2.13. The van der Waals surface area contributed by atoms with Gasteiger partial charge in [0.15, 0.2) is 16.7 Å². The number of pyridine rings is 3. The number of nitrogens with one attached hydrogen (secondary N) is 1. The molecule has 1 N–H and O–H groups in total. The van der Waals surface area contributed by atoms with Crippen molar-refractivity contribution in [1.82, 2.24) is 19.9 Å². The molecule has 0 bridgehead atoms. The highest BCUT2D eigenvalue weighted by Crippen LogP contribution is 2.32. The number of thiazole rings is 1. The van der Waals surface area contributed by atoms with Crippen LogP contribution in [0.5, 0.6) is 5.75 Å². The van der Waals surface area contributed by atoms with Gasteiger partial charge in [-0.3, -0.25) is 9.97 Å². The fourth-order valence-corrected chi connectivity index (χ4v) is 4.00. The highest BCUT2D eigenvalue weighted by atomic mass is 32.2. The third-order valence-electron chi connectivity index (χ3n) is 3.90. The van der Waals surface area contributed by atoms with Gasteiger partial charge in [0, 0.05) is 46.4 Å². The number of rotatable bonds is 8. The Morgan fingerprint density at radius 3 is 2.83 bits per heavy atom. The second-order valence-corrected chi connectivity index (χ2v) is 8.10. The van der Waals surface area contributed by atoms with Crippen molar-refractivity contribution >= 4 is 34.0 Å². The Hall–Kier alpha value is -2.97. The average Bonchev–Trinajstić information content (AvgIpc) is 3.18. The van der Waals surface area contributed by atoms with Crippen LogP contribution in [0, 0.1) is 6.92 Å². The van der Waals surface area contributed by atoms with Crippen LogP contribution in [0.3, 0.4) is 0 Å². The molecule has 0 aliphatic heterocycles. The van der Waals surface area contributed by atoms with Gasteiger partial charge in [-0.05, 0) is 31.2 Å². The number of aryl methyl sites for hydroxylation is 1. The van der Waals surface area contributed by atoms with E-state index in [1.54, 1.807) is 30.4 Å². The molecule has 6 nitrogen and oxygen atoms in total. The van der Waals surface area contributed by atoms with Crippen molar-refractivity contribution in [3.05, 3.63) is 83.5 Å². The number of aromatic nitrogens is 4. The highest BCUT2D eigenvalue weighted by molar-refractivity contribution is 7.98. The van der Waals surface area contributed by atoms with Gasteiger partial charge in [0.25, 0.3) is 0 Å². The maximum absolute atomic E-state index is 6.08. The molecule has 0 fully saturated rings. The van der Waals surface area contributed by atoms with Crippen LogP contribution in [0.25, 0.3) is 0 Å². The predicted molar refractivity (Wildman–Crippen MR) is 117 cm³/mol. The Labute approximate surface area is 177 Å². The zero-order valence-corrected chi connectivity index (χ0v) is 17.4. The predicted octanol–water partition coefficient (Wildman–Crippen LogP) is 5.25. The van der Waals surface area contributed by atoms with Gasteiger partial charge in [-0.15, -0.1) is 23.1 Å². The highest BCUT2D eigenvalue weighted by Gasteiger charge is 2.11. The number of nitrogens with zero attached hydrogens (tertiary/aromatic N) is 4. The van der Waals surface area contributed by atoms with E-state index in [1.807, 2.05) is 54.9 Å². The normalized spacial score (nSPS) is 10.7. The lowest BCUT2D eigenvalue weighted by Crippen LogP contribution is -2.02. The van der Waals surface area contributed by atoms with Crippen molar-refractivity contribution in [2.45, 2.75) is 24.2 Å². The topological polar surface area (TPSA) is 72.8 Å². The van der Waals surface area contributed by atoms with Gasteiger partial charge in [0.05, 0.1) is 11.4 Å². The maximum Gasteiger partial charge on any atom is 0.188 e. The molecule has 0 saturated heterocycles. The standard InChI is InChI=1S/C21H19N5OS2/c1-15-13-29-21(25-15)26-20-19(27-12-16-5-4-7-22-10-16)9-18(11-24-20)28-14-17-6-2-3-8-23-17/h2-11,13H,12,14H2,1H3,(H,24,25,26). The van der Waals surface area contributed by atoms with Crippen LogP contribution >= 0.6 is 23.1 Å². The van der Waals surface area contributed by atoms with E-state index in [1.165, 1.54) is 11.3 Å². The summed E-state index contributed by atoms with van der Waals surface area (Å²) in [7, 11) is 0. The fraction of sp³-hybridized carbons (Fsp3) is 0.143. The van der Waals surface area contributed by atoms with Gasteiger partial charge in [-0.1, -0.05) is 12.1 Å². The van der Waals surface area contributed by atoms with E-state index in [9.17, 15) is 0 Å². The van der Waals surface area contributed by atoms with Crippen molar-refractivity contribution in [2.24, 2.45) is 0 Å². The maximum atomic E-state index is 6.08. The summed E-state index contributed by atoms with van der Waals surface area (Å²) in [4.78, 5) is 18.6. The molecule has 8 heteroatoms. The second-order valence-electron chi connectivity index (χ2n) is 6.20. The number of hydrogen-bond donors (Lipinski definition) is 1. The monoisotopic (exact) mass is 421 g/mol. The van der Waals surface area contributed by atoms with Crippen LogP contribution in [0.4, 0.5) is 10.9 Å². The Kier molecular flexibility index (Phi) is 6.33. The van der Waals surface area contributed by atoms with Crippen LogP contribution in [0.15, 0.2) is 71.5 Å². The lowest BCUT2D eigenvalue weighted by molar-refractivity contribution is 0.305. The molecular formula is C21H19N5OS2. The summed E-state index contributed by atoms with van der Waals surface area (Å²) in [6.45, 7) is 2.38. The van der Waals surface area contributed by atoms with Crippen LogP contribution in [-0.2, 0) is 12.4 Å². The van der Waals surface area contributed by atoms with E-state index in [0.29, 0.717) is 18.2 Å². The third-order valence-corrected chi connectivity index (χ3v) is 5.77. The number of thioether (sulfide) groups is 1. The molecule has 0 amide bonds. The molecule has 0 aromatic carbocycles. The van der Waals surface area contributed by atoms with Gasteiger partial charge in [0.2, 0.25) is 0 Å². The second kappa shape index (κ2) is 9.49. The van der Waals surface area contributed by atoms with E-state index in [-0.39, 0.29) is 0 Å². The summed E-state index contributed by atoms with van der Waals surface area (Å²) < 4.78 is 6.08. The smallest absolute Gasteiger partial charge is 0.188 e. The van der Waals surface area contributed by atoms with Crippen molar-refractivity contribution in [1.29, 1.82) is 0 Å². The molecule has 0 radical (unpaired) electrons. The van der Waals surface area contributed by atoms with Crippen molar-refractivity contribution in [3.8, 4) is 5.75 Å². The molecule has 0 aliphatic carbocycles. The first-order valence-electron chi connectivity index (χ1n) is 9.00. The summed E-state index contributed by atoms with van der Waals surface area (Å²) >= 11 is 3.21. The first-order valence-corrected chi connectivity index (χ1v) is 10.9. The first-order chi connectivity index (χ1) is 14.3. The Morgan fingerprint density at radius 1 is 1.10 bits per heavy atom. The summed E-state index contributed by atoms with van der Waals surface area (Å²) in [6.07, 6.45) is 7.19. The first kappa shape index (κ1) is 19.4. The summed E-state index contributed by atoms with van der Waals surface area (Å²) in [5.41, 5.74) is 2.99. The van der Waals surface area contributed by atoms with E-state index in [0.717, 1.165) is 32.7 Å². The minimum atomic E-state index is 0.412. The van der Waals surface area contributed by atoms with E-state index >= 15 is 0 Å². The summed E-state index contributed by atoms with van der Waals surface area (Å²) in [6, 6.07) is 11.8. The molecule has 0 saturated carbocycles. The Balaban J connectivity index is 1.52. The molecule has 4 heterocycles. The van der Waals surface area contributed by atoms with Gasteiger partial charge in [-0.2, -0.15) is 0 Å². The third kappa shape index (κ3) is 5.52. The molecule has 0 aliphatic rings. The summed E-state index contributed by atoms with van der Waals surface area (Å²) in [5, 5.41) is 6.05. The number of hydrogen-bond acceptors (Lipinski definition) is 8. The van der Waals surface area contributed by atoms with E-state index in [2.05, 4.69) is 25.3 Å². The fourth-order valence-electron chi connectivity index (χ4n) is 2.51. The Morgan fingerprint density at radius 2 is 2.07 bits per heavy atom. The van der Waals surface area contributed by atoms with E-state index < -0.39 is 0 Å². The van der Waals surface area contributed by atoms with Crippen LogP contribution in [0.1, 0.15) is 17.0 Å². The Bertz CT molecular complexity index is 1060. The van der Waals surface area contributed by atoms with Gasteiger partial charge in [0.1, 0.15) is 6.61 Å². The van der Waals surface area contributed by atoms with Crippen molar-refractivity contribution in [2.75, 3.05) is 5.32 Å². The number of anilines is 2. The quantitative estimate of drug-likeness (QED) is 0.389. The van der Waals surface area contributed by atoms with Crippen LogP contribution in [-0.4, -0.2) is 19.9 Å². The SMILES string of the molecule is Cc1csc(Nc2ncc(SCc3ccccn3)cc2OCc2cccnc2)n1. The van der Waals surface area contributed by atoms with Crippen molar-refractivity contribution < 1.29 is 4.74 Å². The van der Waals surface area contributed by atoms with Gasteiger partial charge in [-0.25, -0.2) is 9.97 Å². The average molecular weight is 422 g/mol. The molecule has 4 aromatic heterocycles. The summed E-state index contributed by atoms with van der Waals surface area (Å²) in [5.74, 6) is 2.08. The molecule has 146 valence electrons. The molecule has 0 spiro atoms. The largest absolute Gasteiger partial charge is 0.485 e. The van der Waals surface area contributed by atoms with Crippen LogP contribution in [0.2, 0.25) is 0 Å². The van der Waals surface area contributed by atoms with Crippen LogP contribution < -0.4 is 10.1 Å². The van der Waals surface area contributed by atoms with Crippen molar-refractivity contribution in [3.63, 3.8) is 0 Å². The van der Waals surface area contributed by atoms with Gasteiger partial charge < -0.3 is 10.1 Å².